The minimum Gasteiger partial charge on any atom is -0.393 e. The van der Waals surface area contributed by atoms with Crippen molar-refractivity contribution in [2.75, 3.05) is 13.3 Å². The fraction of sp³-hybridized carbons (Fsp3) is 0.125. The summed E-state index contributed by atoms with van der Waals surface area (Å²) in [7, 11) is -1.55. The topological polar surface area (TPSA) is 105 Å². The van der Waals surface area contributed by atoms with E-state index in [0.717, 1.165) is 6.26 Å². The first-order valence-electron chi connectivity index (χ1n) is 10.0. The molecule has 1 aliphatic rings. The molecule has 33 heavy (non-hydrogen) atoms. The molecule has 2 N–H and O–H groups in total. The molecule has 168 valence electrons. The smallest absolute Gasteiger partial charge is 0.265 e. The van der Waals surface area contributed by atoms with E-state index >= 15 is 0 Å². The Morgan fingerprint density at radius 2 is 1.88 bits per heavy atom. The first-order valence-corrected chi connectivity index (χ1v) is 12.5. The summed E-state index contributed by atoms with van der Waals surface area (Å²) in [5, 5.41) is 12.2. The van der Waals surface area contributed by atoms with Crippen LogP contribution in [0.25, 0.3) is 27.7 Å². The number of pyridine rings is 2. The lowest BCUT2D eigenvalue weighted by molar-refractivity contribution is 0.600. The Labute approximate surface area is 196 Å². The number of allylic oxidation sites excluding steroid dienone is 5. The quantitative estimate of drug-likeness (QED) is 0.578. The molecule has 2 heterocycles. The zero-order valence-corrected chi connectivity index (χ0v) is 19.5. The van der Waals surface area contributed by atoms with Crippen LogP contribution in [0.15, 0.2) is 77.4 Å². The second kappa shape index (κ2) is 8.80. The first kappa shape index (κ1) is 22.7. The summed E-state index contributed by atoms with van der Waals surface area (Å²) < 4.78 is 25.1. The number of sulfone groups is 1. The van der Waals surface area contributed by atoms with E-state index in [1.165, 1.54) is 4.57 Å². The number of nitrogens with one attached hydrogen (secondary N) is 2. The summed E-state index contributed by atoms with van der Waals surface area (Å²) in [5.74, 6) is -0.222. The lowest BCUT2D eigenvalue weighted by Crippen LogP contribution is -2.22. The van der Waals surface area contributed by atoms with E-state index < -0.39 is 9.84 Å². The maximum absolute atomic E-state index is 13.7. The number of rotatable bonds is 5. The molecule has 9 heteroatoms. The Balaban J connectivity index is 2.01. The highest BCUT2D eigenvalue weighted by molar-refractivity contribution is 7.89. The van der Waals surface area contributed by atoms with E-state index in [-0.39, 0.29) is 11.3 Å². The van der Waals surface area contributed by atoms with Crippen molar-refractivity contribution in [3.63, 3.8) is 0 Å². The summed E-state index contributed by atoms with van der Waals surface area (Å²) in [5.41, 5.74) is 2.97. The average Bonchev–Trinajstić information content (AvgIpc) is 2.75. The van der Waals surface area contributed by atoms with E-state index in [0.29, 0.717) is 49.7 Å². The molecule has 0 amide bonds. The SMILES string of the molecule is CN/C=C1/C=C(n2cc3ccc(CS(C)(=O)=O)nc3c(-c3ccc(Cl)cc3)c2=O)C=CC1=N. The fourth-order valence-electron chi connectivity index (χ4n) is 3.63. The number of hydrogen-bond donors (Lipinski definition) is 2. The van der Waals surface area contributed by atoms with Crippen molar-refractivity contribution in [3.05, 3.63) is 93.7 Å². The van der Waals surface area contributed by atoms with Crippen LogP contribution in [-0.4, -0.2) is 37.0 Å². The molecule has 0 bridgehead atoms. The number of aromatic nitrogens is 2. The number of hydrogen-bond acceptors (Lipinski definition) is 6. The van der Waals surface area contributed by atoms with Gasteiger partial charge in [0.1, 0.15) is 0 Å². The normalized spacial score (nSPS) is 15.2. The Bertz CT molecular complexity index is 1530. The Morgan fingerprint density at radius 1 is 1.15 bits per heavy atom. The lowest BCUT2D eigenvalue weighted by Gasteiger charge is -2.16. The van der Waals surface area contributed by atoms with E-state index in [9.17, 15) is 13.2 Å². The molecule has 0 radical (unpaired) electrons. The van der Waals surface area contributed by atoms with Crippen molar-refractivity contribution in [1.29, 1.82) is 5.41 Å². The average molecular weight is 481 g/mol. The summed E-state index contributed by atoms with van der Waals surface area (Å²) in [6, 6.07) is 10.3. The van der Waals surface area contributed by atoms with Crippen molar-refractivity contribution in [3.8, 4) is 11.1 Å². The van der Waals surface area contributed by atoms with Gasteiger partial charge >= 0.3 is 0 Å². The van der Waals surface area contributed by atoms with Crippen LogP contribution in [0.3, 0.4) is 0 Å². The maximum Gasteiger partial charge on any atom is 0.265 e. The molecule has 1 aliphatic carbocycles. The third kappa shape index (κ3) is 4.81. The minimum atomic E-state index is -3.29. The van der Waals surface area contributed by atoms with E-state index in [1.54, 1.807) is 74.1 Å². The largest absolute Gasteiger partial charge is 0.393 e. The summed E-state index contributed by atoms with van der Waals surface area (Å²) in [4.78, 5) is 18.3. The molecule has 0 atom stereocenters. The van der Waals surface area contributed by atoms with Gasteiger partial charge in [-0.3, -0.25) is 14.3 Å². The Kier molecular flexibility index (Phi) is 6.05. The van der Waals surface area contributed by atoms with Crippen LogP contribution in [0.2, 0.25) is 5.02 Å². The van der Waals surface area contributed by atoms with Gasteiger partial charge in [-0.2, -0.15) is 0 Å². The molecule has 7 nitrogen and oxygen atoms in total. The third-order valence-corrected chi connectivity index (χ3v) is 6.15. The van der Waals surface area contributed by atoms with Gasteiger partial charge in [0.25, 0.3) is 5.56 Å². The van der Waals surface area contributed by atoms with Gasteiger partial charge < -0.3 is 10.7 Å². The minimum absolute atomic E-state index is 0.222. The second-order valence-electron chi connectivity index (χ2n) is 7.70. The van der Waals surface area contributed by atoms with E-state index in [2.05, 4.69) is 10.3 Å². The van der Waals surface area contributed by atoms with Crippen LogP contribution in [-0.2, 0) is 15.6 Å². The summed E-state index contributed by atoms with van der Waals surface area (Å²) in [6.45, 7) is 0. The van der Waals surface area contributed by atoms with Crippen molar-refractivity contribution in [1.82, 2.24) is 14.9 Å². The number of benzene rings is 1. The van der Waals surface area contributed by atoms with Crippen LogP contribution < -0.4 is 10.9 Å². The first-order chi connectivity index (χ1) is 15.7. The highest BCUT2D eigenvalue weighted by atomic mass is 35.5. The van der Waals surface area contributed by atoms with Gasteiger partial charge in [-0.25, -0.2) is 8.42 Å². The van der Waals surface area contributed by atoms with Gasteiger partial charge in [-0.15, -0.1) is 0 Å². The predicted octanol–water partition coefficient (Wildman–Crippen LogP) is 3.80. The van der Waals surface area contributed by atoms with Crippen LogP contribution in [0.5, 0.6) is 0 Å². The van der Waals surface area contributed by atoms with Gasteiger partial charge in [0.15, 0.2) is 9.84 Å². The van der Waals surface area contributed by atoms with Crippen molar-refractivity contribution in [2.45, 2.75) is 5.75 Å². The van der Waals surface area contributed by atoms with Crippen LogP contribution in [0.1, 0.15) is 5.69 Å². The van der Waals surface area contributed by atoms with Gasteiger partial charge in [0.05, 0.1) is 28.2 Å². The molecule has 0 unspecified atom stereocenters. The van der Waals surface area contributed by atoms with Crippen LogP contribution in [0, 0.1) is 5.41 Å². The lowest BCUT2D eigenvalue weighted by atomic mass is 10.0. The standard InChI is InChI=1S/C24H21ClN4O3S/c1-27-12-17-11-20(9-10-21(17)26)29-13-16-5-8-19(14-33(2,31)32)28-23(16)22(24(29)30)15-3-6-18(25)7-4-15/h3-13,26-27H,14H2,1-2H3/b17-12-,26-21?. The molecule has 3 aromatic rings. The highest BCUT2D eigenvalue weighted by Crippen LogP contribution is 2.28. The third-order valence-electron chi connectivity index (χ3n) is 5.08. The Morgan fingerprint density at radius 3 is 2.55 bits per heavy atom. The van der Waals surface area contributed by atoms with Crippen molar-refractivity contribution >= 4 is 43.7 Å². The molecule has 4 rings (SSSR count). The molecule has 0 aliphatic heterocycles. The van der Waals surface area contributed by atoms with Gasteiger partial charge in [-0.05, 0) is 48.1 Å². The van der Waals surface area contributed by atoms with Crippen molar-refractivity contribution < 1.29 is 8.42 Å². The van der Waals surface area contributed by atoms with Gasteiger partial charge in [0.2, 0.25) is 0 Å². The highest BCUT2D eigenvalue weighted by Gasteiger charge is 2.18. The van der Waals surface area contributed by atoms with Crippen molar-refractivity contribution in [2.24, 2.45) is 0 Å². The van der Waals surface area contributed by atoms with Gasteiger partial charge in [0, 0.05) is 47.4 Å². The molecule has 0 saturated heterocycles. The molecule has 1 aromatic carbocycles. The van der Waals surface area contributed by atoms with Crippen LogP contribution >= 0.6 is 11.6 Å². The molecule has 0 saturated carbocycles. The molecular formula is C24H21ClN4O3S. The van der Waals surface area contributed by atoms with E-state index in [4.69, 9.17) is 17.0 Å². The molecule has 2 aromatic heterocycles. The summed E-state index contributed by atoms with van der Waals surface area (Å²) in [6.07, 6.45) is 9.60. The fourth-order valence-corrected chi connectivity index (χ4v) is 4.45. The predicted molar refractivity (Wildman–Crippen MR) is 133 cm³/mol. The van der Waals surface area contributed by atoms with E-state index in [1.807, 2.05) is 0 Å². The Hall–Kier alpha value is -3.49. The second-order valence-corrected chi connectivity index (χ2v) is 10.3. The zero-order chi connectivity index (χ0) is 23.8. The molecular weight excluding hydrogens is 460 g/mol. The number of nitrogens with zero attached hydrogens (tertiary/aromatic N) is 2. The monoisotopic (exact) mass is 480 g/mol. The van der Waals surface area contributed by atoms with Gasteiger partial charge in [-0.1, -0.05) is 23.7 Å². The molecule has 0 fully saturated rings. The van der Waals surface area contributed by atoms with Crippen LogP contribution in [0.4, 0.5) is 0 Å². The maximum atomic E-state index is 13.7. The zero-order valence-electron chi connectivity index (χ0n) is 18.0. The number of fused-ring (bicyclic) bond motifs is 1. The molecule has 0 spiro atoms. The summed E-state index contributed by atoms with van der Waals surface area (Å²) >= 11 is 6.05. The number of halogens is 1.